The van der Waals surface area contributed by atoms with Gasteiger partial charge in [0.1, 0.15) is 0 Å². The van der Waals surface area contributed by atoms with Gasteiger partial charge in [0, 0.05) is 23.7 Å². The summed E-state index contributed by atoms with van der Waals surface area (Å²) < 4.78 is 0. The molecule has 3 aromatic rings. The largest absolute Gasteiger partial charge is 0.327 e. The van der Waals surface area contributed by atoms with Crippen molar-refractivity contribution in [1.82, 2.24) is 9.88 Å². The molecule has 2 heterocycles. The molecule has 0 spiro atoms. The smallest absolute Gasteiger partial charge is 0.255 e. The summed E-state index contributed by atoms with van der Waals surface area (Å²) in [7, 11) is 0. The molecule has 1 atom stereocenters. The average Bonchev–Trinajstić information content (AvgIpc) is 3.29. The summed E-state index contributed by atoms with van der Waals surface area (Å²) in [5.74, 6) is -0.183. The first-order valence-electron chi connectivity index (χ1n) is 8.76. The molecule has 0 fully saturated rings. The third kappa shape index (κ3) is 3.61. The number of hydrogen-bond acceptors (Lipinski definition) is 4. The Morgan fingerprint density at radius 3 is 2.70 bits per heavy atom. The van der Waals surface area contributed by atoms with Crippen molar-refractivity contribution < 1.29 is 9.59 Å². The van der Waals surface area contributed by atoms with Crippen LogP contribution in [0.5, 0.6) is 0 Å². The summed E-state index contributed by atoms with van der Waals surface area (Å²) in [6, 6.07) is 15.3. The molecule has 6 heteroatoms. The SMILES string of the molecule is Cc1ccc([C@@H](CC(=O)Nc2nccs2)N2Cc3ccccc3C2=O)cc1. The zero-order chi connectivity index (χ0) is 18.8. The van der Waals surface area contributed by atoms with Crippen LogP contribution in [0, 0.1) is 6.92 Å². The Morgan fingerprint density at radius 1 is 1.22 bits per heavy atom. The van der Waals surface area contributed by atoms with Gasteiger partial charge in [-0.3, -0.25) is 9.59 Å². The third-order valence-electron chi connectivity index (χ3n) is 4.75. The van der Waals surface area contributed by atoms with Gasteiger partial charge in [-0.05, 0) is 24.1 Å². The molecule has 27 heavy (non-hydrogen) atoms. The Balaban J connectivity index is 1.61. The highest BCUT2D eigenvalue weighted by molar-refractivity contribution is 7.13. The van der Waals surface area contributed by atoms with E-state index in [1.165, 1.54) is 11.3 Å². The predicted molar refractivity (Wildman–Crippen MR) is 106 cm³/mol. The topological polar surface area (TPSA) is 62.3 Å². The normalized spacial score (nSPS) is 14.1. The molecule has 1 N–H and O–H groups in total. The highest BCUT2D eigenvalue weighted by Crippen LogP contribution is 2.33. The number of anilines is 1. The van der Waals surface area contributed by atoms with Gasteiger partial charge in [0.05, 0.1) is 12.5 Å². The molecular formula is C21H19N3O2S. The summed E-state index contributed by atoms with van der Waals surface area (Å²) in [5.41, 5.74) is 3.81. The van der Waals surface area contributed by atoms with Crippen molar-refractivity contribution in [2.24, 2.45) is 0 Å². The monoisotopic (exact) mass is 377 g/mol. The molecule has 0 unspecified atom stereocenters. The van der Waals surface area contributed by atoms with Crippen LogP contribution in [-0.4, -0.2) is 21.7 Å². The highest BCUT2D eigenvalue weighted by Gasteiger charge is 2.34. The molecule has 4 rings (SSSR count). The van der Waals surface area contributed by atoms with Crippen molar-refractivity contribution >= 4 is 28.3 Å². The number of hydrogen-bond donors (Lipinski definition) is 1. The van der Waals surface area contributed by atoms with Crippen molar-refractivity contribution in [3.8, 4) is 0 Å². The van der Waals surface area contributed by atoms with E-state index in [0.29, 0.717) is 11.7 Å². The van der Waals surface area contributed by atoms with Gasteiger partial charge < -0.3 is 10.2 Å². The van der Waals surface area contributed by atoms with Crippen LogP contribution in [0.2, 0.25) is 0 Å². The molecule has 5 nitrogen and oxygen atoms in total. The number of thiazole rings is 1. The Bertz CT molecular complexity index is 967. The van der Waals surface area contributed by atoms with Crippen LogP contribution in [0.1, 0.15) is 39.5 Å². The fourth-order valence-electron chi connectivity index (χ4n) is 3.36. The van der Waals surface area contributed by atoms with Gasteiger partial charge in [0.25, 0.3) is 5.91 Å². The lowest BCUT2D eigenvalue weighted by molar-refractivity contribution is -0.117. The van der Waals surface area contributed by atoms with Crippen molar-refractivity contribution in [2.45, 2.75) is 25.9 Å². The minimum atomic E-state index is -0.328. The summed E-state index contributed by atoms with van der Waals surface area (Å²) in [6.07, 6.45) is 1.83. The fraction of sp³-hybridized carbons (Fsp3) is 0.190. The maximum absolute atomic E-state index is 13.0. The Labute approximate surface area is 161 Å². The minimum absolute atomic E-state index is 0.0294. The number of rotatable bonds is 5. The van der Waals surface area contributed by atoms with Gasteiger partial charge in [-0.2, -0.15) is 0 Å². The number of carbonyl (C=O) groups is 2. The zero-order valence-corrected chi connectivity index (χ0v) is 15.7. The standard InChI is InChI=1S/C21H19N3O2S/c1-14-6-8-15(9-7-14)18(12-19(25)23-21-22-10-11-27-21)24-13-16-4-2-3-5-17(16)20(24)26/h2-11,18H,12-13H2,1H3,(H,22,23,25)/t18-/m1/s1. The number of amides is 2. The van der Waals surface area contributed by atoms with Crippen LogP contribution in [-0.2, 0) is 11.3 Å². The Hall–Kier alpha value is -2.99. The summed E-state index contributed by atoms with van der Waals surface area (Å²) >= 11 is 1.38. The highest BCUT2D eigenvalue weighted by atomic mass is 32.1. The Kier molecular flexibility index (Phi) is 4.73. The Morgan fingerprint density at radius 2 is 2.00 bits per heavy atom. The molecule has 2 amide bonds. The maximum Gasteiger partial charge on any atom is 0.255 e. The van der Waals surface area contributed by atoms with E-state index in [1.807, 2.05) is 60.8 Å². The van der Waals surface area contributed by atoms with Gasteiger partial charge in [-0.15, -0.1) is 11.3 Å². The molecule has 1 aliphatic heterocycles. The molecular weight excluding hydrogens is 358 g/mol. The van der Waals surface area contributed by atoms with Crippen LogP contribution >= 0.6 is 11.3 Å². The maximum atomic E-state index is 13.0. The summed E-state index contributed by atoms with van der Waals surface area (Å²) in [6.45, 7) is 2.53. The van der Waals surface area contributed by atoms with Crippen LogP contribution in [0.15, 0.2) is 60.1 Å². The van der Waals surface area contributed by atoms with E-state index in [-0.39, 0.29) is 24.3 Å². The first-order chi connectivity index (χ1) is 13.1. The van der Waals surface area contributed by atoms with Crippen LogP contribution < -0.4 is 5.32 Å². The number of fused-ring (bicyclic) bond motifs is 1. The van der Waals surface area contributed by atoms with E-state index in [0.717, 1.165) is 22.3 Å². The van der Waals surface area contributed by atoms with E-state index in [9.17, 15) is 9.59 Å². The van der Waals surface area contributed by atoms with E-state index < -0.39 is 0 Å². The second kappa shape index (κ2) is 7.32. The van der Waals surface area contributed by atoms with Gasteiger partial charge in [-0.1, -0.05) is 48.0 Å². The summed E-state index contributed by atoms with van der Waals surface area (Å²) in [4.78, 5) is 31.5. The van der Waals surface area contributed by atoms with Crippen LogP contribution in [0.25, 0.3) is 0 Å². The second-order valence-electron chi connectivity index (χ2n) is 6.61. The third-order valence-corrected chi connectivity index (χ3v) is 5.43. The number of aromatic nitrogens is 1. The average molecular weight is 377 g/mol. The van der Waals surface area contributed by atoms with Crippen molar-refractivity contribution in [1.29, 1.82) is 0 Å². The van der Waals surface area contributed by atoms with Crippen LogP contribution in [0.4, 0.5) is 5.13 Å². The van der Waals surface area contributed by atoms with Crippen LogP contribution in [0.3, 0.4) is 0 Å². The lowest BCUT2D eigenvalue weighted by atomic mass is 10.0. The van der Waals surface area contributed by atoms with E-state index in [4.69, 9.17) is 0 Å². The van der Waals surface area contributed by atoms with Gasteiger partial charge in [-0.25, -0.2) is 4.98 Å². The van der Waals surface area contributed by atoms with Gasteiger partial charge >= 0.3 is 0 Å². The van der Waals surface area contributed by atoms with Gasteiger partial charge in [0.2, 0.25) is 5.91 Å². The second-order valence-corrected chi connectivity index (χ2v) is 7.50. The molecule has 1 aromatic heterocycles. The lowest BCUT2D eigenvalue weighted by Crippen LogP contribution is -2.32. The first-order valence-corrected chi connectivity index (χ1v) is 9.64. The van der Waals surface area contributed by atoms with E-state index >= 15 is 0 Å². The number of benzene rings is 2. The summed E-state index contributed by atoms with van der Waals surface area (Å²) in [5, 5.41) is 5.20. The van der Waals surface area contributed by atoms with E-state index in [1.54, 1.807) is 11.1 Å². The lowest BCUT2D eigenvalue weighted by Gasteiger charge is -2.28. The molecule has 0 bridgehead atoms. The van der Waals surface area contributed by atoms with Crippen molar-refractivity contribution in [3.05, 3.63) is 82.4 Å². The molecule has 0 aliphatic carbocycles. The number of nitrogens with one attached hydrogen (secondary N) is 1. The van der Waals surface area contributed by atoms with E-state index in [2.05, 4.69) is 10.3 Å². The van der Waals surface area contributed by atoms with Gasteiger partial charge in [0.15, 0.2) is 5.13 Å². The molecule has 0 radical (unpaired) electrons. The quantitative estimate of drug-likeness (QED) is 0.726. The molecule has 136 valence electrons. The fourth-order valence-corrected chi connectivity index (χ4v) is 3.90. The zero-order valence-electron chi connectivity index (χ0n) is 14.9. The predicted octanol–water partition coefficient (Wildman–Crippen LogP) is 4.18. The number of nitrogens with zero attached hydrogens (tertiary/aromatic N) is 2. The molecule has 1 aliphatic rings. The molecule has 0 saturated carbocycles. The van der Waals surface area contributed by atoms with Crippen molar-refractivity contribution in [3.63, 3.8) is 0 Å². The number of carbonyl (C=O) groups excluding carboxylic acids is 2. The van der Waals surface area contributed by atoms with Crippen molar-refractivity contribution in [2.75, 3.05) is 5.32 Å². The minimum Gasteiger partial charge on any atom is -0.327 e. The molecule has 2 aromatic carbocycles. The molecule has 0 saturated heterocycles. The first kappa shape index (κ1) is 17.4. The number of aryl methyl sites for hydroxylation is 1.